The summed E-state index contributed by atoms with van der Waals surface area (Å²) < 4.78 is 5.27. The fraction of sp³-hybridized carbons (Fsp3) is 0.591. The molecule has 7 nitrogen and oxygen atoms in total. The molecule has 0 bridgehead atoms. The lowest BCUT2D eigenvalue weighted by atomic mass is 10.0. The van der Waals surface area contributed by atoms with Gasteiger partial charge in [0.2, 0.25) is 5.91 Å². The molecule has 3 amide bonds. The van der Waals surface area contributed by atoms with Crippen LogP contribution in [0.1, 0.15) is 56.5 Å². The fourth-order valence-electron chi connectivity index (χ4n) is 3.06. The molecule has 1 saturated heterocycles. The van der Waals surface area contributed by atoms with Crippen molar-refractivity contribution in [2.45, 2.75) is 46.1 Å². The molecule has 0 atom stereocenters. The van der Waals surface area contributed by atoms with E-state index in [1.165, 1.54) is 10.5 Å². The number of rotatable bonds is 4. The van der Waals surface area contributed by atoms with Crippen LogP contribution in [0.2, 0.25) is 0 Å². The first-order chi connectivity index (χ1) is 13.5. The molecule has 2 rings (SSSR count). The van der Waals surface area contributed by atoms with Crippen molar-refractivity contribution in [1.29, 1.82) is 0 Å². The van der Waals surface area contributed by atoms with Crippen LogP contribution in [0, 0.1) is 0 Å². The number of hydrogen-bond acceptors (Lipinski definition) is 4. The second-order valence-electron chi connectivity index (χ2n) is 8.79. The second kappa shape index (κ2) is 9.29. The van der Waals surface area contributed by atoms with E-state index in [9.17, 15) is 14.4 Å². The Labute approximate surface area is 173 Å². The van der Waals surface area contributed by atoms with Crippen LogP contribution in [-0.2, 0) is 9.53 Å². The van der Waals surface area contributed by atoms with E-state index in [4.69, 9.17) is 4.74 Å². The van der Waals surface area contributed by atoms with Crippen molar-refractivity contribution < 1.29 is 19.1 Å². The largest absolute Gasteiger partial charge is 0.444 e. The fourth-order valence-corrected chi connectivity index (χ4v) is 3.06. The predicted molar refractivity (Wildman–Crippen MR) is 112 cm³/mol. The number of nitrogens with zero attached hydrogens (tertiary/aromatic N) is 3. The normalized spacial score (nSPS) is 14.7. The van der Waals surface area contributed by atoms with Gasteiger partial charge in [0.1, 0.15) is 12.1 Å². The average Bonchev–Trinajstić information content (AvgIpc) is 2.66. The number of hydrogen-bond donors (Lipinski definition) is 0. The number of likely N-dealkylation sites (N-methyl/N-ethyl adjacent to an activating group) is 1. The quantitative estimate of drug-likeness (QED) is 0.775. The zero-order valence-electron chi connectivity index (χ0n) is 18.4. The molecule has 0 saturated carbocycles. The van der Waals surface area contributed by atoms with Gasteiger partial charge in [-0.1, -0.05) is 26.0 Å². The van der Waals surface area contributed by atoms with Gasteiger partial charge in [0.05, 0.1) is 0 Å². The monoisotopic (exact) mass is 403 g/mol. The van der Waals surface area contributed by atoms with Crippen LogP contribution in [0.25, 0.3) is 0 Å². The Balaban J connectivity index is 1.85. The molecule has 1 aromatic rings. The smallest absolute Gasteiger partial charge is 0.410 e. The minimum Gasteiger partial charge on any atom is -0.444 e. The molecule has 1 aromatic carbocycles. The van der Waals surface area contributed by atoms with Gasteiger partial charge in [-0.15, -0.1) is 0 Å². The van der Waals surface area contributed by atoms with Gasteiger partial charge in [-0.2, -0.15) is 0 Å². The summed E-state index contributed by atoms with van der Waals surface area (Å²) in [7, 11) is 1.55. The van der Waals surface area contributed by atoms with Gasteiger partial charge < -0.3 is 19.4 Å². The van der Waals surface area contributed by atoms with Crippen LogP contribution in [0.15, 0.2) is 24.3 Å². The molecule has 1 aliphatic heterocycles. The lowest BCUT2D eigenvalue weighted by Gasteiger charge is -2.35. The van der Waals surface area contributed by atoms with Crippen molar-refractivity contribution in [1.82, 2.24) is 14.7 Å². The Bertz CT molecular complexity index is 729. The molecule has 0 spiro atoms. The van der Waals surface area contributed by atoms with E-state index in [0.717, 1.165) is 0 Å². The van der Waals surface area contributed by atoms with E-state index in [2.05, 4.69) is 13.8 Å². The number of carbonyl (C=O) groups excluding carboxylic acids is 3. The third-order valence-electron chi connectivity index (χ3n) is 4.82. The minimum atomic E-state index is -0.603. The standard InChI is InChI=1S/C22H33N3O4/c1-16(2)17-7-9-18(10-8-17)20(27)25-13-11-24(12-14-25)19(26)15-23(6)21(28)29-22(3,4)5/h7-10,16H,11-15H2,1-6H3. The zero-order valence-corrected chi connectivity index (χ0v) is 18.4. The van der Waals surface area contributed by atoms with Gasteiger partial charge in [0.15, 0.2) is 0 Å². The maximum Gasteiger partial charge on any atom is 0.410 e. The van der Waals surface area contributed by atoms with Crippen LogP contribution in [0.5, 0.6) is 0 Å². The molecule has 0 aliphatic carbocycles. The minimum absolute atomic E-state index is 0.0155. The Kier molecular flexibility index (Phi) is 7.27. The van der Waals surface area contributed by atoms with E-state index < -0.39 is 11.7 Å². The third-order valence-corrected chi connectivity index (χ3v) is 4.82. The van der Waals surface area contributed by atoms with Crippen LogP contribution in [0.3, 0.4) is 0 Å². The second-order valence-corrected chi connectivity index (χ2v) is 8.79. The Morgan fingerprint density at radius 3 is 2.00 bits per heavy atom. The summed E-state index contributed by atoms with van der Waals surface area (Å²) >= 11 is 0. The molecular weight excluding hydrogens is 370 g/mol. The van der Waals surface area contributed by atoms with Crippen LogP contribution in [0.4, 0.5) is 4.79 Å². The lowest BCUT2D eigenvalue weighted by molar-refractivity contribution is -0.133. The molecule has 7 heteroatoms. The van der Waals surface area contributed by atoms with E-state index in [1.807, 2.05) is 24.3 Å². The summed E-state index contributed by atoms with van der Waals surface area (Å²) in [4.78, 5) is 42.0. The summed E-state index contributed by atoms with van der Waals surface area (Å²) in [5, 5.41) is 0. The van der Waals surface area contributed by atoms with Gasteiger partial charge >= 0.3 is 6.09 Å². The SMILES string of the molecule is CC(C)c1ccc(C(=O)N2CCN(C(=O)CN(C)C(=O)OC(C)(C)C)CC2)cc1. The summed E-state index contributed by atoms with van der Waals surface area (Å²) in [5.74, 6) is 0.262. The van der Waals surface area contributed by atoms with Gasteiger partial charge in [-0.25, -0.2) is 4.79 Å². The number of benzene rings is 1. The summed E-state index contributed by atoms with van der Waals surface area (Å²) in [6.45, 7) is 11.4. The zero-order chi connectivity index (χ0) is 21.8. The molecule has 29 heavy (non-hydrogen) atoms. The molecule has 1 heterocycles. The number of piperazine rings is 1. The van der Waals surface area contributed by atoms with E-state index >= 15 is 0 Å². The first kappa shape index (κ1) is 22.7. The van der Waals surface area contributed by atoms with Crippen molar-refractivity contribution in [2.24, 2.45) is 0 Å². The molecule has 0 N–H and O–H groups in total. The summed E-state index contributed by atoms with van der Waals surface area (Å²) in [6, 6.07) is 7.71. The lowest BCUT2D eigenvalue weighted by Crippen LogP contribution is -2.53. The first-order valence-electron chi connectivity index (χ1n) is 10.1. The first-order valence-corrected chi connectivity index (χ1v) is 10.1. The van der Waals surface area contributed by atoms with Crippen LogP contribution < -0.4 is 0 Å². The molecule has 160 valence electrons. The van der Waals surface area contributed by atoms with E-state index in [1.54, 1.807) is 37.6 Å². The highest BCUT2D eigenvalue weighted by Gasteiger charge is 2.27. The topological polar surface area (TPSA) is 70.2 Å². The van der Waals surface area contributed by atoms with Crippen LogP contribution >= 0.6 is 0 Å². The Hall–Kier alpha value is -2.57. The maximum absolute atomic E-state index is 12.7. The Morgan fingerprint density at radius 2 is 1.52 bits per heavy atom. The number of amides is 3. The third kappa shape index (κ3) is 6.48. The molecule has 1 aliphatic rings. The highest BCUT2D eigenvalue weighted by molar-refractivity contribution is 5.94. The highest BCUT2D eigenvalue weighted by atomic mass is 16.6. The van der Waals surface area contributed by atoms with E-state index in [-0.39, 0.29) is 18.4 Å². The predicted octanol–water partition coefficient (Wildman–Crippen LogP) is 2.96. The number of carbonyl (C=O) groups is 3. The van der Waals surface area contributed by atoms with Gasteiger partial charge in [0, 0.05) is 38.8 Å². The molecular formula is C22H33N3O4. The van der Waals surface area contributed by atoms with Crippen molar-refractivity contribution >= 4 is 17.9 Å². The molecule has 1 fully saturated rings. The summed E-state index contributed by atoms with van der Waals surface area (Å²) in [6.07, 6.45) is -0.524. The van der Waals surface area contributed by atoms with Crippen molar-refractivity contribution in [3.8, 4) is 0 Å². The molecule has 0 unspecified atom stereocenters. The number of ether oxygens (including phenoxy) is 1. The van der Waals surface area contributed by atoms with E-state index in [0.29, 0.717) is 37.7 Å². The molecule has 0 aromatic heterocycles. The van der Waals surface area contributed by atoms with Crippen LogP contribution in [-0.4, -0.2) is 78.0 Å². The van der Waals surface area contributed by atoms with Crippen molar-refractivity contribution in [2.75, 3.05) is 39.8 Å². The molecule has 0 radical (unpaired) electrons. The Morgan fingerprint density at radius 1 is 1.00 bits per heavy atom. The van der Waals surface area contributed by atoms with Gasteiger partial charge in [-0.05, 0) is 44.4 Å². The van der Waals surface area contributed by atoms with Crippen molar-refractivity contribution in [3.05, 3.63) is 35.4 Å². The van der Waals surface area contributed by atoms with Crippen molar-refractivity contribution in [3.63, 3.8) is 0 Å². The van der Waals surface area contributed by atoms with Gasteiger partial charge in [-0.3, -0.25) is 9.59 Å². The highest BCUT2D eigenvalue weighted by Crippen LogP contribution is 2.16. The maximum atomic E-state index is 12.7. The van der Waals surface area contributed by atoms with Gasteiger partial charge in [0.25, 0.3) is 5.91 Å². The average molecular weight is 404 g/mol. The summed E-state index contributed by atoms with van der Waals surface area (Å²) in [5.41, 5.74) is 1.26.